The summed E-state index contributed by atoms with van der Waals surface area (Å²) in [7, 11) is 0. The first-order chi connectivity index (χ1) is 5.95. The number of ether oxygens (including phenoxy) is 3. The number of rotatable bonds is 4. The number of epoxide rings is 1. The molecule has 70 valence electrons. The zero-order chi connectivity index (χ0) is 8.23. The minimum absolute atomic E-state index is 0.345. The Balaban J connectivity index is 1.52. The van der Waals surface area contributed by atoms with Gasteiger partial charge in [0.2, 0.25) is 0 Å². The highest BCUT2D eigenvalue weighted by molar-refractivity contribution is 4.68. The summed E-state index contributed by atoms with van der Waals surface area (Å²) in [6, 6.07) is 0. The summed E-state index contributed by atoms with van der Waals surface area (Å²) in [5.41, 5.74) is 0. The molecule has 0 N–H and O–H groups in total. The van der Waals surface area contributed by atoms with Crippen LogP contribution in [0.4, 0.5) is 0 Å². The van der Waals surface area contributed by atoms with Gasteiger partial charge in [0.05, 0.1) is 25.9 Å². The average molecular weight is 172 g/mol. The lowest BCUT2D eigenvalue weighted by Gasteiger charge is -2.22. The van der Waals surface area contributed by atoms with Crippen LogP contribution >= 0.6 is 0 Å². The normalized spacial score (nSPS) is 35.0. The van der Waals surface area contributed by atoms with Gasteiger partial charge in [-0.05, 0) is 19.3 Å². The number of hydrogen-bond donors (Lipinski definition) is 0. The molecule has 0 aromatic heterocycles. The van der Waals surface area contributed by atoms with Crippen molar-refractivity contribution in [3.8, 4) is 0 Å². The second-order valence-electron chi connectivity index (χ2n) is 3.48. The molecule has 0 bridgehead atoms. The zero-order valence-corrected chi connectivity index (χ0v) is 7.33. The lowest BCUT2D eigenvalue weighted by molar-refractivity contribution is -0.0427. The molecular formula is C9H16O3. The summed E-state index contributed by atoms with van der Waals surface area (Å²) in [5, 5.41) is 0. The van der Waals surface area contributed by atoms with Crippen LogP contribution in [0.25, 0.3) is 0 Å². The van der Waals surface area contributed by atoms with Gasteiger partial charge in [0, 0.05) is 6.61 Å². The van der Waals surface area contributed by atoms with E-state index in [0.29, 0.717) is 12.2 Å². The van der Waals surface area contributed by atoms with Crippen LogP contribution in [0.1, 0.15) is 19.3 Å². The van der Waals surface area contributed by atoms with Gasteiger partial charge < -0.3 is 14.2 Å². The Kier molecular flexibility index (Phi) is 2.98. The van der Waals surface area contributed by atoms with Crippen LogP contribution in [0.5, 0.6) is 0 Å². The van der Waals surface area contributed by atoms with E-state index in [1.165, 1.54) is 12.8 Å². The van der Waals surface area contributed by atoms with Crippen LogP contribution in [0, 0.1) is 0 Å². The lowest BCUT2D eigenvalue weighted by Crippen LogP contribution is -2.25. The van der Waals surface area contributed by atoms with Gasteiger partial charge in [0.1, 0.15) is 6.10 Å². The maximum absolute atomic E-state index is 5.51. The summed E-state index contributed by atoms with van der Waals surface area (Å²) in [6.07, 6.45) is 4.38. The zero-order valence-electron chi connectivity index (χ0n) is 7.33. The quantitative estimate of drug-likeness (QED) is 0.592. The van der Waals surface area contributed by atoms with Crippen molar-refractivity contribution in [3.05, 3.63) is 0 Å². The molecule has 0 radical (unpaired) electrons. The predicted octanol–water partition coefficient (Wildman–Crippen LogP) is 0.971. The predicted molar refractivity (Wildman–Crippen MR) is 44.2 cm³/mol. The van der Waals surface area contributed by atoms with Crippen LogP contribution in [-0.4, -0.2) is 38.6 Å². The SMILES string of the molecule is C1CCC(COC[C@@H]2CO2)OC1. The van der Waals surface area contributed by atoms with Gasteiger partial charge in [-0.25, -0.2) is 0 Å². The third-order valence-electron chi connectivity index (χ3n) is 2.28. The monoisotopic (exact) mass is 172 g/mol. The van der Waals surface area contributed by atoms with Crippen LogP contribution in [0.2, 0.25) is 0 Å². The molecule has 0 amide bonds. The smallest absolute Gasteiger partial charge is 0.104 e. The van der Waals surface area contributed by atoms with Gasteiger partial charge in [-0.2, -0.15) is 0 Å². The molecular weight excluding hydrogens is 156 g/mol. The summed E-state index contributed by atoms with van der Waals surface area (Å²) in [6.45, 7) is 3.29. The Labute approximate surface area is 73.0 Å². The maximum Gasteiger partial charge on any atom is 0.104 e. The Morgan fingerprint density at radius 2 is 1.92 bits per heavy atom. The van der Waals surface area contributed by atoms with Gasteiger partial charge in [0.25, 0.3) is 0 Å². The van der Waals surface area contributed by atoms with Crippen molar-refractivity contribution >= 4 is 0 Å². The van der Waals surface area contributed by atoms with Crippen molar-refractivity contribution in [2.24, 2.45) is 0 Å². The molecule has 2 aliphatic heterocycles. The second kappa shape index (κ2) is 4.21. The lowest BCUT2D eigenvalue weighted by atomic mass is 10.1. The van der Waals surface area contributed by atoms with E-state index in [-0.39, 0.29) is 0 Å². The van der Waals surface area contributed by atoms with Crippen LogP contribution < -0.4 is 0 Å². The first-order valence-electron chi connectivity index (χ1n) is 4.76. The van der Waals surface area contributed by atoms with Crippen LogP contribution in [-0.2, 0) is 14.2 Å². The van der Waals surface area contributed by atoms with Crippen molar-refractivity contribution in [2.75, 3.05) is 26.4 Å². The van der Waals surface area contributed by atoms with Crippen molar-refractivity contribution < 1.29 is 14.2 Å². The molecule has 2 rings (SSSR count). The molecule has 3 nitrogen and oxygen atoms in total. The van der Waals surface area contributed by atoms with E-state index in [1.807, 2.05) is 0 Å². The average Bonchev–Trinajstić information content (AvgIpc) is 2.90. The minimum atomic E-state index is 0.345. The van der Waals surface area contributed by atoms with Crippen molar-refractivity contribution in [1.82, 2.24) is 0 Å². The first kappa shape index (κ1) is 8.48. The van der Waals surface area contributed by atoms with Crippen molar-refractivity contribution in [3.63, 3.8) is 0 Å². The van der Waals surface area contributed by atoms with Gasteiger partial charge >= 0.3 is 0 Å². The molecule has 0 spiro atoms. The van der Waals surface area contributed by atoms with Gasteiger partial charge in [-0.3, -0.25) is 0 Å². The largest absolute Gasteiger partial charge is 0.376 e. The molecule has 0 aromatic carbocycles. The van der Waals surface area contributed by atoms with E-state index >= 15 is 0 Å². The highest BCUT2D eigenvalue weighted by Gasteiger charge is 2.23. The topological polar surface area (TPSA) is 31.0 Å². The Bertz CT molecular complexity index is 128. The third-order valence-corrected chi connectivity index (χ3v) is 2.28. The molecule has 3 heteroatoms. The van der Waals surface area contributed by atoms with Gasteiger partial charge in [0.15, 0.2) is 0 Å². The third kappa shape index (κ3) is 2.73. The maximum atomic E-state index is 5.51. The van der Waals surface area contributed by atoms with Gasteiger partial charge in [-0.1, -0.05) is 0 Å². The van der Waals surface area contributed by atoms with Crippen molar-refractivity contribution in [2.45, 2.75) is 31.5 Å². The molecule has 0 aliphatic carbocycles. The van der Waals surface area contributed by atoms with E-state index < -0.39 is 0 Å². The number of hydrogen-bond acceptors (Lipinski definition) is 3. The molecule has 0 aromatic rings. The summed E-state index contributed by atoms with van der Waals surface area (Å²) in [5.74, 6) is 0. The van der Waals surface area contributed by atoms with Crippen LogP contribution in [0.15, 0.2) is 0 Å². The van der Waals surface area contributed by atoms with E-state index in [9.17, 15) is 0 Å². The fraction of sp³-hybridized carbons (Fsp3) is 1.00. The molecule has 12 heavy (non-hydrogen) atoms. The fourth-order valence-electron chi connectivity index (χ4n) is 1.43. The summed E-state index contributed by atoms with van der Waals surface area (Å²) < 4.78 is 16.0. The summed E-state index contributed by atoms with van der Waals surface area (Å²) >= 11 is 0. The molecule has 1 unspecified atom stereocenters. The van der Waals surface area contributed by atoms with E-state index in [2.05, 4.69) is 0 Å². The molecule has 2 fully saturated rings. The fourth-order valence-corrected chi connectivity index (χ4v) is 1.43. The molecule has 0 saturated carbocycles. The highest BCUT2D eigenvalue weighted by atomic mass is 16.6. The van der Waals surface area contributed by atoms with E-state index in [0.717, 1.165) is 32.8 Å². The minimum Gasteiger partial charge on any atom is -0.376 e. The Hall–Kier alpha value is -0.120. The van der Waals surface area contributed by atoms with E-state index in [4.69, 9.17) is 14.2 Å². The Morgan fingerprint density at radius 1 is 1.08 bits per heavy atom. The molecule has 2 saturated heterocycles. The van der Waals surface area contributed by atoms with Gasteiger partial charge in [-0.15, -0.1) is 0 Å². The highest BCUT2D eigenvalue weighted by Crippen LogP contribution is 2.14. The molecule has 2 heterocycles. The van der Waals surface area contributed by atoms with E-state index in [1.54, 1.807) is 0 Å². The summed E-state index contributed by atoms with van der Waals surface area (Å²) in [4.78, 5) is 0. The second-order valence-corrected chi connectivity index (χ2v) is 3.48. The Morgan fingerprint density at radius 3 is 2.58 bits per heavy atom. The molecule has 2 atom stereocenters. The standard InChI is InChI=1S/C9H16O3/c1-2-4-11-8(3-1)5-10-6-9-7-12-9/h8-9H,1-7H2/t8?,9-/m1/s1. The van der Waals surface area contributed by atoms with Crippen LogP contribution in [0.3, 0.4) is 0 Å². The molecule has 2 aliphatic rings. The first-order valence-corrected chi connectivity index (χ1v) is 4.76. The van der Waals surface area contributed by atoms with Crippen molar-refractivity contribution in [1.29, 1.82) is 0 Å².